The van der Waals surface area contributed by atoms with Crippen molar-refractivity contribution in [2.75, 3.05) is 26.0 Å². The Bertz CT molecular complexity index is 408. The van der Waals surface area contributed by atoms with Crippen molar-refractivity contribution in [3.8, 4) is 0 Å². The molecular formula is C12H17BrN2O2. The van der Waals surface area contributed by atoms with E-state index < -0.39 is 0 Å². The Morgan fingerprint density at radius 2 is 2.24 bits per heavy atom. The molecule has 0 radical (unpaired) electrons. The van der Waals surface area contributed by atoms with E-state index in [1.807, 2.05) is 6.92 Å². The van der Waals surface area contributed by atoms with Crippen molar-refractivity contribution < 1.29 is 9.53 Å². The van der Waals surface area contributed by atoms with Crippen LogP contribution in [0.2, 0.25) is 0 Å². The number of ether oxygens (including phenoxy) is 1. The van der Waals surface area contributed by atoms with Crippen LogP contribution < -0.4 is 11.1 Å². The number of nitrogens with one attached hydrogen (secondary N) is 1. The predicted molar refractivity (Wildman–Crippen MR) is 72.1 cm³/mol. The van der Waals surface area contributed by atoms with Gasteiger partial charge in [0.25, 0.3) is 5.91 Å². The first-order chi connectivity index (χ1) is 8.06. The molecule has 0 spiro atoms. The molecule has 0 aromatic heterocycles. The molecule has 0 saturated heterocycles. The normalized spacial score (nSPS) is 10.3. The van der Waals surface area contributed by atoms with Crippen LogP contribution in [0.15, 0.2) is 16.6 Å². The molecule has 3 N–H and O–H groups in total. The number of hydrogen-bond acceptors (Lipinski definition) is 3. The van der Waals surface area contributed by atoms with Crippen LogP contribution in [0.5, 0.6) is 0 Å². The fourth-order valence-electron chi connectivity index (χ4n) is 1.45. The molecule has 0 aliphatic rings. The van der Waals surface area contributed by atoms with E-state index in [1.165, 1.54) is 0 Å². The Hall–Kier alpha value is -1.07. The molecule has 0 fully saturated rings. The molecule has 0 heterocycles. The summed E-state index contributed by atoms with van der Waals surface area (Å²) in [6.07, 6.45) is 0.796. The molecule has 0 atom stereocenters. The standard InChI is InChI=1S/C12H17BrN2O2/c1-8-10(6-9(13)7-11(8)14)12(16)15-4-3-5-17-2/h6-7H,3-5,14H2,1-2H3,(H,15,16). The van der Waals surface area contributed by atoms with E-state index in [4.69, 9.17) is 10.5 Å². The zero-order valence-corrected chi connectivity index (χ0v) is 11.6. The summed E-state index contributed by atoms with van der Waals surface area (Å²) in [5, 5.41) is 2.83. The van der Waals surface area contributed by atoms with Gasteiger partial charge in [0.2, 0.25) is 0 Å². The molecule has 4 nitrogen and oxygen atoms in total. The third kappa shape index (κ3) is 4.02. The third-order valence-electron chi connectivity index (χ3n) is 2.47. The summed E-state index contributed by atoms with van der Waals surface area (Å²) in [5.74, 6) is -0.105. The maximum Gasteiger partial charge on any atom is 0.251 e. The Morgan fingerprint density at radius 1 is 1.53 bits per heavy atom. The summed E-state index contributed by atoms with van der Waals surface area (Å²) in [7, 11) is 1.64. The first-order valence-electron chi connectivity index (χ1n) is 5.39. The van der Waals surface area contributed by atoms with Gasteiger partial charge < -0.3 is 15.8 Å². The molecule has 0 bridgehead atoms. The average Bonchev–Trinajstić information content (AvgIpc) is 2.29. The van der Waals surface area contributed by atoms with Gasteiger partial charge in [-0.25, -0.2) is 0 Å². The lowest BCUT2D eigenvalue weighted by atomic mass is 10.1. The van der Waals surface area contributed by atoms with E-state index in [0.29, 0.717) is 24.4 Å². The molecule has 0 aliphatic carbocycles. The van der Waals surface area contributed by atoms with Crippen LogP contribution >= 0.6 is 15.9 Å². The number of nitrogen functional groups attached to an aromatic ring is 1. The van der Waals surface area contributed by atoms with Crippen molar-refractivity contribution in [2.45, 2.75) is 13.3 Å². The van der Waals surface area contributed by atoms with Crippen LogP contribution in [0, 0.1) is 6.92 Å². The highest BCUT2D eigenvalue weighted by Gasteiger charge is 2.11. The Kier molecular flexibility index (Phi) is 5.44. The van der Waals surface area contributed by atoms with Gasteiger partial charge in [-0.3, -0.25) is 4.79 Å². The van der Waals surface area contributed by atoms with Gasteiger partial charge in [-0.1, -0.05) is 15.9 Å². The first-order valence-corrected chi connectivity index (χ1v) is 6.18. The van der Waals surface area contributed by atoms with E-state index in [1.54, 1.807) is 19.2 Å². The fourth-order valence-corrected chi connectivity index (χ4v) is 1.93. The lowest BCUT2D eigenvalue weighted by Gasteiger charge is -2.10. The van der Waals surface area contributed by atoms with Crippen LogP contribution in [0.25, 0.3) is 0 Å². The minimum atomic E-state index is -0.105. The van der Waals surface area contributed by atoms with Gasteiger partial charge in [0.15, 0.2) is 0 Å². The van der Waals surface area contributed by atoms with Crippen molar-refractivity contribution >= 4 is 27.5 Å². The molecule has 0 aliphatic heterocycles. The van der Waals surface area contributed by atoms with Crippen LogP contribution in [-0.4, -0.2) is 26.2 Å². The summed E-state index contributed by atoms with van der Waals surface area (Å²) < 4.78 is 5.72. The van der Waals surface area contributed by atoms with E-state index in [0.717, 1.165) is 16.5 Å². The summed E-state index contributed by atoms with van der Waals surface area (Å²) in [5.41, 5.74) is 7.83. The fraction of sp³-hybridized carbons (Fsp3) is 0.417. The van der Waals surface area contributed by atoms with Gasteiger partial charge in [0, 0.05) is 36.0 Å². The number of carbonyl (C=O) groups is 1. The highest BCUT2D eigenvalue weighted by Crippen LogP contribution is 2.22. The van der Waals surface area contributed by atoms with E-state index in [-0.39, 0.29) is 5.91 Å². The van der Waals surface area contributed by atoms with Gasteiger partial charge >= 0.3 is 0 Å². The van der Waals surface area contributed by atoms with Gasteiger partial charge in [-0.2, -0.15) is 0 Å². The molecule has 1 aromatic carbocycles. The first kappa shape index (κ1) is 14.0. The molecule has 1 rings (SSSR count). The number of amides is 1. The number of carbonyl (C=O) groups excluding carboxylic acids is 1. The lowest BCUT2D eigenvalue weighted by Crippen LogP contribution is -2.26. The number of methoxy groups -OCH3 is 1. The smallest absolute Gasteiger partial charge is 0.251 e. The van der Waals surface area contributed by atoms with Crippen molar-refractivity contribution in [3.05, 3.63) is 27.7 Å². The second kappa shape index (κ2) is 6.61. The van der Waals surface area contributed by atoms with Crippen LogP contribution in [0.3, 0.4) is 0 Å². The number of hydrogen-bond donors (Lipinski definition) is 2. The van der Waals surface area contributed by atoms with Gasteiger partial charge in [-0.15, -0.1) is 0 Å². The molecule has 1 amide bonds. The minimum Gasteiger partial charge on any atom is -0.398 e. The Balaban J connectivity index is 2.69. The molecule has 5 heteroatoms. The van der Waals surface area contributed by atoms with E-state index in [9.17, 15) is 4.79 Å². The largest absolute Gasteiger partial charge is 0.398 e. The van der Waals surface area contributed by atoms with E-state index >= 15 is 0 Å². The molecule has 0 saturated carbocycles. The van der Waals surface area contributed by atoms with E-state index in [2.05, 4.69) is 21.2 Å². The number of nitrogens with two attached hydrogens (primary N) is 1. The average molecular weight is 301 g/mol. The molecule has 1 aromatic rings. The van der Waals surface area contributed by atoms with Gasteiger partial charge in [-0.05, 0) is 31.0 Å². The van der Waals surface area contributed by atoms with Gasteiger partial charge in [0.05, 0.1) is 0 Å². The topological polar surface area (TPSA) is 64.3 Å². The summed E-state index contributed by atoms with van der Waals surface area (Å²) in [4.78, 5) is 11.9. The predicted octanol–water partition coefficient (Wildman–Crippen LogP) is 2.11. The zero-order chi connectivity index (χ0) is 12.8. The second-order valence-corrected chi connectivity index (χ2v) is 4.69. The molecule has 17 heavy (non-hydrogen) atoms. The second-order valence-electron chi connectivity index (χ2n) is 3.77. The number of benzene rings is 1. The summed E-state index contributed by atoms with van der Waals surface area (Å²) in [6.45, 7) is 3.07. The molecular weight excluding hydrogens is 284 g/mol. The highest BCUT2D eigenvalue weighted by atomic mass is 79.9. The Morgan fingerprint density at radius 3 is 2.88 bits per heavy atom. The van der Waals surface area contributed by atoms with Crippen LogP contribution in [0.4, 0.5) is 5.69 Å². The maximum atomic E-state index is 11.9. The quantitative estimate of drug-likeness (QED) is 0.646. The van der Waals surface area contributed by atoms with Gasteiger partial charge in [0.1, 0.15) is 0 Å². The summed E-state index contributed by atoms with van der Waals surface area (Å²) >= 11 is 3.33. The number of rotatable bonds is 5. The zero-order valence-electron chi connectivity index (χ0n) is 10.0. The van der Waals surface area contributed by atoms with Crippen LogP contribution in [-0.2, 0) is 4.74 Å². The number of halogens is 1. The van der Waals surface area contributed by atoms with Crippen molar-refractivity contribution in [2.24, 2.45) is 0 Å². The summed E-state index contributed by atoms with van der Waals surface area (Å²) in [6, 6.07) is 3.56. The minimum absolute atomic E-state index is 0.105. The Labute approximate surface area is 110 Å². The van der Waals surface area contributed by atoms with Crippen molar-refractivity contribution in [3.63, 3.8) is 0 Å². The maximum absolute atomic E-state index is 11.9. The monoisotopic (exact) mass is 300 g/mol. The van der Waals surface area contributed by atoms with Crippen LogP contribution in [0.1, 0.15) is 22.3 Å². The number of anilines is 1. The third-order valence-corrected chi connectivity index (χ3v) is 2.93. The van der Waals surface area contributed by atoms with Crippen molar-refractivity contribution in [1.29, 1.82) is 0 Å². The van der Waals surface area contributed by atoms with Crippen molar-refractivity contribution in [1.82, 2.24) is 5.32 Å². The lowest BCUT2D eigenvalue weighted by molar-refractivity contribution is 0.0948. The molecule has 0 unspecified atom stereocenters. The highest BCUT2D eigenvalue weighted by molar-refractivity contribution is 9.10. The molecule has 94 valence electrons. The SMILES string of the molecule is COCCCNC(=O)c1cc(Br)cc(N)c1C.